The first-order valence-corrected chi connectivity index (χ1v) is 5.00. The smallest absolute Gasteiger partial charge is 0.416 e. The highest BCUT2D eigenvalue weighted by Crippen LogP contribution is 2.30. The maximum Gasteiger partial charge on any atom is 0.416 e. The highest BCUT2D eigenvalue weighted by molar-refractivity contribution is 5.77. The highest BCUT2D eigenvalue weighted by Gasteiger charge is 2.30. The summed E-state index contributed by atoms with van der Waals surface area (Å²) in [5.41, 5.74) is -1.46. The van der Waals surface area contributed by atoms with E-state index in [0.717, 1.165) is 24.3 Å². The Bertz CT molecular complexity index is 399. The number of ether oxygens (including phenoxy) is 1. The van der Waals surface area contributed by atoms with Crippen molar-refractivity contribution < 1.29 is 22.7 Å². The number of hydrogen-bond donors (Lipinski definition) is 0. The third-order valence-electron chi connectivity index (χ3n) is 2.00. The molecule has 0 aliphatic rings. The second kappa shape index (κ2) is 4.39. The molecule has 0 saturated heterocycles. The number of carbonyl (C=O) groups is 1. The molecule has 0 heterocycles. The average Bonchev–Trinajstić information content (AvgIpc) is 2.15. The van der Waals surface area contributed by atoms with Crippen LogP contribution in [0.4, 0.5) is 13.2 Å². The number of benzene rings is 1. The van der Waals surface area contributed by atoms with E-state index in [1.165, 1.54) is 0 Å². The lowest BCUT2D eigenvalue weighted by Crippen LogP contribution is -2.25. The molecule has 0 atom stereocenters. The first-order chi connectivity index (χ1) is 7.60. The van der Waals surface area contributed by atoms with Crippen LogP contribution in [0.3, 0.4) is 0 Å². The second-order valence-corrected chi connectivity index (χ2v) is 4.66. The number of carbonyl (C=O) groups excluding carboxylic acids is 1. The van der Waals surface area contributed by atoms with E-state index in [1.807, 2.05) is 0 Å². The van der Waals surface area contributed by atoms with E-state index < -0.39 is 23.1 Å². The van der Waals surface area contributed by atoms with Crippen molar-refractivity contribution in [3.63, 3.8) is 0 Å². The number of esters is 1. The fourth-order valence-electron chi connectivity index (χ4n) is 0.972. The Morgan fingerprint density at radius 2 is 1.53 bits per heavy atom. The van der Waals surface area contributed by atoms with Gasteiger partial charge in [0.2, 0.25) is 0 Å². The first kappa shape index (κ1) is 13.5. The standard InChI is InChI=1S/C12H13F3O2/c1-11(2,3)10(16)17-9-6-4-8(5-7-9)12(13,14)15/h4-7H,1-3H3/i13-1. The van der Waals surface area contributed by atoms with Gasteiger partial charge in [0.1, 0.15) is 5.75 Å². The molecule has 0 unspecified atom stereocenters. The van der Waals surface area contributed by atoms with E-state index in [1.54, 1.807) is 20.8 Å². The van der Waals surface area contributed by atoms with Gasteiger partial charge >= 0.3 is 12.1 Å². The van der Waals surface area contributed by atoms with Crippen molar-refractivity contribution in [1.29, 1.82) is 0 Å². The summed E-state index contributed by atoms with van der Waals surface area (Å²) in [6, 6.07) is 4.02. The third kappa shape index (κ3) is 3.76. The van der Waals surface area contributed by atoms with Crippen LogP contribution in [-0.2, 0) is 11.0 Å². The molecular formula is C12H13F3O2. The van der Waals surface area contributed by atoms with Crippen LogP contribution in [0, 0.1) is 5.41 Å². The van der Waals surface area contributed by atoms with Gasteiger partial charge in [0.05, 0.1) is 11.0 Å². The van der Waals surface area contributed by atoms with Gasteiger partial charge in [-0.3, -0.25) is 4.79 Å². The average molecular weight is 245 g/mol. The van der Waals surface area contributed by atoms with Crippen molar-refractivity contribution in [3.8, 4) is 5.75 Å². The molecule has 0 radical (unpaired) electrons. The van der Waals surface area contributed by atoms with Crippen molar-refractivity contribution in [3.05, 3.63) is 29.8 Å². The van der Waals surface area contributed by atoms with E-state index in [2.05, 4.69) is 0 Å². The lowest BCUT2D eigenvalue weighted by Gasteiger charge is -2.16. The molecule has 0 aliphatic heterocycles. The van der Waals surface area contributed by atoms with Crippen LogP contribution < -0.4 is 4.74 Å². The maximum absolute atomic E-state index is 12.3. The Hall–Kier alpha value is -1.52. The molecule has 0 bridgehead atoms. The summed E-state index contributed by atoms with van der Waals surface area (Å²) in [6.45, 7) is 5.00. The minimum absolute atomic E-state index is 0.109. The quantitative estimate of drug-likeness (QED) is 0.557. The summed E-state index contributed by atoms with van der Waals surface area (Å²) in [5.74, 6) is -0.379. The van der Waals surface area contributed by atoms with Crippen molar-refractivity contribution in [2.75, 3.05) is 0 Å². The second-order valence-electron chi connectivity index (χ2n) is 4.66. The van der Waals surface area contributed by atoms with Crippen LogP contribution in [0.2, 0.25) is 0 Å². The van der Waals surface area contributed by atoms with Crippen molar-refractivity contribution in [1.82, 2.24) is 0 Å². The van der Waals surface area contributed by atoms with Crippen LogP contribution in [0.15, 0.2) is 24.3 Å². The monoisotopic (exact) mass is 245 g/mol. The number of hydrogen-bond acceptors (Lipinski definition) is 2. The largest absolute Gasteiger partial charge is 0.426 e. The predicted molar refractivity (Wildman–Crippen MR) is 56.5 cm³/mol. The SMILES string of the molecule is CC(C)(C)C(=O)Oc1ccc(C(F)(F)[18F])cc1. The Balaban J connectivity index is 2.80. The number of alkyl halides is 3. The highest BCUT2D eigenvalue weighted by atomic mass is 19.3. The van der Waals surface area contributed by atoms with Gasteiger partial charge in [0.25, 0.3) is 0 Å². The Labute approximate surface area is 97.4 Å². The van der Waals surface area contributed by atoms with Crippen LogP contribution >= 0.6 is 0 Å². The van der Waals surface area contributed by atoms with E-state index in [0.29, 0.717) is 0 Å². The van der Waals surface area contributed by atoms with E-state index in [-0.39, 0.29) is 5.75 Å². The van der Waals surface area contributed by atoms with Crippen molar-refractivity contribution >= 4 is 5.97 Å². The van der Waals surface area contributed by atoms with Gasteiger partial charge in [-0.1, -0.05) is 0 Å². The molecule has 1 rings (SSSR count). The zero-order chi connectivity index (χ0) is 13.3. The fraction of sp³-hybridized carbons (Fsp3) is 0.417. The lowest BCUT2D eigenvalue weighted by atomic mass is 9.97. The number of halogens is 3. The fourth-order valence-corrected chi connectivity index (χ4v) is 0.972. The molecule has 0 amide bonds. The molecule has 2 nitrogen and oxygen atoms in total. The summed E-state index contributed by atoms with van der Waals surface area (Å²) in [5, 5.41) is 0. The zero-order valence-corrected chi connectivity index (χ0v) is 9.76. The van der Waals surface area contributed by atoms with Gasteiger partial charge in [-0.2, -0.15) is 13.2 Å². The molecule has 1 aromatic rings. The summed E-state index contributed by atoms with van der Waals surface area (Å²) >= 11 is 0. The molecular weight excluding hydrogens is 232 g/mol. The van der Waals surface area contributed by atoms with E-state index >= 15 is 0 Å². The van der Waals surface area contributed by atoms with Gasteiger partial charge in [0, 0.05) is 0 Å². The molecule has 0 fully saturated rings. The van der Waals surface area contributed by atoms with Gasteiger partial charge in [-0.15, -0.1) is 0 Å². The molecule has 0 saturated carbocycles. The van der Waals surface area contributed by atoms with Gasteiger partial charge in [0.15, 0.2) is 0 Å². The topological polar surface area (TPSA) is 26.3 Å². The Morgan fingerprint density at radius 3 is 1.88 bits per heavy atom. The van der Waals surface area contributed by atoms with E-state index in [9.17, 15) is 18.0 Å². The van der Waals surface area contributed by atoms with Crippen LogP contribution in [-0.4, -0.2) is 5.97 Å². The van der Waals surface area contributed by atoms with Crippen LogP contribution in [0.1, 0.15) is 26.3 Å². The predicted octanol–water partition coefficient (Wildman–Crippen LogP) is 3.66. The van der Waals surface area contributed by atoms with Gasteiger partial charge < -0.3 is 4.74 Å². The molecule has 94 valence electrons. The van der Waals surface area contributed by atoms with Crippen molar-refractivity contribution in [2.24, 2.45) is 5.41 Å². The summed E-state index contributed by atoms with van der Waals surface area (Å²) in [7, 11) is 0. The maximum atomic E-state index is 12.3. The molecule has 17 heavy (non-hydrogen) atoms. The first-order valence-electron chi connectivity index (χ1n) is 5.00. The van der Waals surface area contributed by atoms with E-state index in [4.69, 9.17) is 4.74 Å². The van der Waals surface area contributed by atoms with Crippen LogP contribution in [0.25, 0.3) is 0 Å². The van der Waals surface area contributed by atoms with Crippen molar-refractivity contribution in [2.45, 2.75) is 26.9 Å². The molecule has 0 aromatic heterocycles. The molecule has 0 aliphatic carbocycles. The summed E-state index contributed by atoms with van der Waals surface area (Å²) < 4.78 is 41.7. The molecule has 0 spiro atoms. The third-order valence-corrected chi connectivity index (χ3v) is 2.00. The Kier molecular flexibility index (Phi) is 3.50. The lowest BCUT2D eigenvalue weighted by molar-refractivity contribution is -0.142. The summed E-state index contributed by atoms with van der Waals surface area (Å²) in [6.07, 6.45) is -4.38. The van der Waals surface area contributed by atoms with Gasteiger partial charge in [-0.25, -0.2) is 0 Å². The normalized spacial score (nSPS) is 12.4. The van der Waals surface area contributed by atoms with Crippen LogP contribution in [0.5, 0.6) is 5.75 Å². The summed E-state index contributed by atoms with van der Waals surface area (Å²) in [4.78, 5) is 11.5. The molecule has 0 N–H and O–H groups in total. The minimum Gasteiger partial charge on any atom is -0.426 e. The minimum atomic E-state index is -4.38. The molecule has 1 aromatic carbocycles. The zero-order valence-electron chi connectivity index (χ0n) is 9.76. The Morgan fingerprint density at radius 1 is 1.06 bits per heavy atom. The number of rotatable bonds is 1. The molecule has 5 heteroatoms. The van der Waals surface area contributed by atoms with Gasteiger partial charge in [-0.05, 0) is 45.0 Å².